The van der Waals surface area contributed by atoms with E-state index in [1.54, 1.807) is 16.7 Å². The summed E-state index contributed by atoms with van der Waals surface area (Å²) in [5.41, 5.74) is 3.27. The fourth-order valence-corrected chi connectivity index (χ4v) is 4.22. The molecule has 152 valence electrons. The molecule has 0 saturated heterocycles. The highest BCUT2D eigenvalue weighted by atomic mass is 32.2. The van der Waals surface area contributed by atoms with Crippen molar-refractivity contribution in [3.63, 3.8) is 0 Å². The third-order valence-electron chi connectivity index (χ3n) is 4.93. The molecule has 4 nitrogen and oxygen atoms in total. The Kier molecular flexibility index (Phi) is 5.86. The fraction of sp³-hybridized carbons (Fsp3) is 0.167. The minimum Gasteiger partial charge on any atom is -0.494 e. The predicted molar refractivity (Wildman–Crippen MR) is 119 cm³/mol. The summed E-state index contributed by atoms with van der Waals surface area (Å²) in [4.78, 5) is 18.0. The lowest BCUT2D eigenvalue weighted by Crippen LogP contribution is -2.21. The Labute approximate surface area is 178 Å². The van der Waals surface area contributed by atoms with Crippen LogP contribution in [0, 0.1) is 5.82 Å². The van der Waals surface area contributed by atoms with Crippen molar-refractivity contribution >= 4 is 22.7 Å². The monoisotopic (exact) mass is 420 g/mol. The summed E-state index contributed by atoms with van der Waals surface area (Å²) < 4.78 is 20.7. The smallest absolute Gasteiger partial charge is 0.266 e. The number of fused-ring (bicyclic) bond motifs is 1. The summed E-state index contributed by atoms with van der Waals surface area (Å²) in [6.07, 6.45) is 0.926. The molecule has 0 aliphatic rings. The van der Waals surface area contributed by atoms with Crippen molar-refractivity contribution in [2.75, 3.05) is 7.11 Å². The SMILES string of the molecule is CCc1ccc(-n2c(SCc3ccc(OC)c(F)c3)nc3ccccc3c2=O)cc1. The molecule has 0 bridgehead atoms. The molecular formula is C24H21FN2O2S. The largest absolute Gasteiger partial charge is 0.494 e. The summed E-state index contributed by atoms with van der Waals surface area (Å²) in [6, 6.07) is 20.1. The molecule has 0 fully saturated rings. The average Bonchev–Trinajstić information content (AvgIpc) is 2.78. The van der Waals surface area contributed by atoms with Crippen molar-refractivity contribution in [3.8, 4) is 11.4 Å². The van der Waals surface area contributed by atoms with Crippen LogP contribution in [0.4, 0.5) is 4.39 Å². The second-order valence-corrected chi connectivity index (χ2v) is 7.77. The minimum absolute atomic E-state index is 0.117. The summed E-state index contributed by atoms with van der Waals surface area (Å²) >= 11 is 1.40. The molecule has 0 aliphatic heterocycles. The van der Waals surface area contributed by atoms with Gasteiger partial charge in [0.2, 0.25) is 0 Å². The first kappa shape index (κ1) is 20.2. The van der Waals surface area contributed by atoms with Crippen LogP contribution in [0.25, 0.3) is 16.6 Å². The number of para-hydroxylation sites is 1. The van der Waals surface area contributed by atoms with Gasteiger partial charge in [0, 0.05) is 5.75 Å². The lowest BCUT2D eigenvalue weighted by molar-refractivity contribution is 0.386. The number of thioether (sulfide) groups is 1. The van der Waals surface area contributed by atoms with E-state index in [2.05, 4.69) is 6.92 Å². The Morgan fingerprint density at radius 3 is 2.47 bits per heavy atom. The molecule has 4 rings (SSSR count). The van der Waals surface area contributed by atoms with E-state index in [1.807, 2.05) is 48.5 Å². The second kappa shape index (κ2) is 8.71. The van der Waals surface area contributed by atoms with Crippen molar-refractivity contribution in [1.29, 1.82) is 0 Å². The molecule has 1 heterocycles. The van der Waals surface area contributed by atoms with Crippen molar-refractivity contribution in [1.82, 2.24) is 9.55 Å². The predicted octanol–water partition coefficient (Wildman–Crippen LogP) is 5.39. The molecule has 0 atom stereocenters. The Hall–Kier alpha value is -3.12. The van der Waals surface area contributed by atoms with E-state index in [-0.39, 0.29) is 11.3 Å². The molecule has 3 aromatic carbocycles. The molecular weight excluding hydrogens is 399 g/mol. The zero-order valence-electron chi connectivity index (χ0n) is 16.8. The van der Waals surface area contributed by atoms with E-state index >= 15 is 0 Å². The van der Waals surface area contributed by atoms with Gasteiger partial charge in [0.15, 0.2) is 16.7 Å². The maximum Gasteiger partial charge on any atom is 0.266 e. The average molecular weight is 421 g/mol. The van der Waals surface area contributed by atoms with Gasteiger partial charge < -0.3 is 4.74 Å². The summed E-state index contributed by atoms with van der Waals surface area (Å²) in [5.74, 6) is 0.272. The lowest BCUT2D eigenvalue weighted by Gasteiger charge is -2.14. The number of methoxy groups -OCH3 is 1. The van der Waals surface area contributed by atoms with Gasteiger partial charge in [0.1, 0.15) is 0 Å². The maximum absolute atomic E-state index is 14.1. The molecule has 30 heavy (non-hydrogen) atoms. The Bertz CT molecular complexity index is 1250. The normalized spacial score (nSPS) is 11.0. The van der Waals surface area contributed by atoms with Crippen LogP contribution in [0.15, 0.2) is 76.7 Å². The first-order valence-corrected chi connectivity index (χ1v) is 10.7. The number of ether oxygens (including phenoxy) is 1. The van der Waals surface area contributed by atoms with Crippen LogP contribution < -0.4 is 10.3 Å². The summed E-state index contributed by atoms with van der Waals surface area (Å²) in [7, 11) is 1.44. The number of hydrogen-bond acceptors (Lipinski definition) is 4. The highest BCUT2D eigenvalue weighted by Gasteiger charge is 2.14. The number of halogens is 1. The van der Waals surface area contributed by atoms with Crippen LogP contribution in [-0.4, -0.2) is 16.7 Å². The quantitative estimate of drug-likeness (QED) is 0.310. The molecule has 4 aromatic rings. The van der Waals surface area contributed by atoms with Gasteiger partial charge >= 0.3 is 0 Å². The fourth-order valence-electron chi connectivity index (χ4n) is 3.27. The van der Waals surface area contributed by atoms with Crippen LogP contribution in [0.5, 0.6) is 5.75 Å². The Morgan fingerprint density at radius 2 is 1.77 bits per heavy atom. The van der Waals surface area contributed by atoms with Gasteiger partial charge in [0.05, 0.1) is 23.7 Å². The van der Waals surface area contributed by atoms with Gasteiger partial charge in [-0.3, -0.25) is 9.36 Å². The molecule has 0 spiro atoms. The van der Waals surface area contributed by atoms with Crippen LogP contribution in [0.2, 0.25) is 0 Å². The first-order valence-electron chi connectivity index (χ1n) is 9.67. The standard InChI is InChI=1S/C24H21FN2O2S/c1-3-16-8-11-18(12-9-16)27-23(28)19-6-4-5-7-21(19)26-24(27)30-15-17-10-13-22(29-2)20(25)14-17/h4-14H,3,15H2,1-2H3. The van der Waals surface area contributed by atoms with E-state index in [1.165, 1.54) is 30.5 Å². The molecule has 0 amide bonds. The van der Waals surface area contributed by atoms with Gasteiger partial charge in [-0.2, -0.15) is 0 Å². The lowest BCUT2D eigenvalue weighted by atomic mass is 10.1. The first-order chi connectivity index (χ1) is 14.6. The Morgan fingerprint density at radius 1 is 1.03 bits per heavy atom. The van der Waals surface area contributed by atoms with E-state index in [4.69, 9.17) is 9.72 Å². The van der Waals surface area contributed by atoms with Crippen LogP contribution in [0.1, 0.15) is 18.1 Å². The molecule has 0 unspecified atom stereocenters. The second-order valence-electron chi connectivity index (χ2n) is 6.83. The third kappa shape index (κ3) is 3.96. The van der Waals surface area contributed by atoms with Crippen LogP contribution in [0.3, 0.4) is 0 Å². The molecule has 0 aliphatic carbocycles. The maximum atomic E-state index is 14.1. The van der Waals surface area contributed by atoms with E-state index < -0.39 is 5.82 Å². The zero-order valence-corrected chi connectivity index (χ0v) is 17.6. The van der Waals surface area contributed by atoms with E-state index in [0.717, 1.165) is 17.7 Å². The van der Waals surface area contributed by atoms with Crippen LogP contribution in [-0.2, 0) is 12.2 Å². The van der Waals surface area contributed by atoms with Gasteiger partial charge in [-0.1, -0.05) is 49.0 Å². The zero-order chi connectivity index (χ0) is 21.1. The number of aryl methyl sites for hydroxylation is 1. The molecule has 0 saturated carbocycles. The van der Waals surface area contributed by atoms with Crippen molar-refractivity contribution in [2.24, 2.45) is 0 Å². The van der Waals surface area contributed by atoms with E-state index in [9.17, 15) is 9.18 Å². The third-order valence-corrected chi connectivity index (χ3v) is 5.94. The molecule has 6 heteroatoms. The number of benzene rings is 3. The van der Waals surface area contributed by atoms with Crippen molar-refractivity contribution in [3.05, 3.63) is 94.0 Å². The van der Waals surface area contributed by atoms with Crippen molar-refractivity contribution < 1.29 is 9.13 Å². The summed E-state index contributed by atoms with van der Waals surface area (Å²) in [5, 5.41) is 1.14. The Balaban J connectivity index is 1.77. The number of rotatable bonds is 6. The number of aromatic nitrogens is 2. The van der Waals surface area contributed by atoms with Gasteiger partial charge in [-0.15, -0.1) is 0 Å². The van der Waals surface area contributed by atoms with Gasteiger partial charge in [0.25, 0.3) is 5.56 Å². The van der Waals surface area contributed by atoms with Gasteiger partial charge in [-0.05, 0) is 53.9 Å². The van der Waals surface area contributed by atoms with E-state index in [0.29, 0.717) is 21.8 Å². The molecule has 1 aromatic heterocycles. The minimum atomic E-state index is -0.408. The summed E-state index contributed by atoms with van der Waals surface area (Å²) in [6.45, 7) is 2.09. The molecule has 0 N–H and O–H groups in total. The van der Waals surface area contributed by atoms with Gasteiger partial charge in [-0.25, -0.2) is 9.37 Å². The van der Waals surface area contributed by atoms with Crippen molar-refractivity contribution in [2.45, 2.75) is 24.3 Å². The topological polar surface area (TPSA) is 44.1 Å². The molecule has 0 radical (unpaired) electrons. The highest BCUT2D eigenvalue weighted by Crippen LogP contribution is 2.27. The van der Waals surface area contributed by atoms with Crippen LogP contribution >= 0.6 is 11.8 Å². The number of hydrogen-bond donors (Lipinski definition) is 0. The number of nitrogens with zero attached hydrogens (tertiary/aromatic N) is 2. The highest BCUT2D eigenvalue weighted by molar-refractivity contribution is 7.98.